The molecule has 4 rings (SSSR count). The van der Waals surface area contributed by atoms with Crippen LogP contribution >= 0.6 is 0 Å². The van der Waals surface area contributed by atoms with E-state index in [4.69, 9.17) is 10.7 Å². The van der Waals surface area contributed by atoms with Gasteiger partial charge in [0.15, 0.2) is 0 Å². The molecule has 0 amide bonds. The zero-order chi connectivity index (χ0) is 24.7. The van der Waals surface area contributed by atoms with E-state index >= 15 is 0 Å². The van der Waals surface area contributed by atoms with Crippen LogP contribution in [0.15, 0.2) is 69.3 Å². The van der Waals surface area contributed by atoms with Crippen molar-refractivity contribution in [3.63, 3.8) is 0 Å². The number of non-ortho nitro benzene ring substituents is 1. The minimum atomic E-state index is -3.87. The zero-order valence-corrected chi connectivity index (χ0v) is 22.7. The van der Waals surface area contributed by atoms with Crippen LogP contribution in [0.3, 0.4) is 0 Å². The van der Waals surface area contributed by atoms with E-state index < -0.39 is 24.1 Å². The molecule has 1 aliphatic rings. The molecule has 2 heterocycles. The number of aromatic nitrogens is 1. The molecule has 0 atom stereocenters. The Balaban J connectivity index is 1.78. The van der Waals surface area contributed by atoms with E-state index in [2.05, 4.69) is 29.2 Å². The maximum absolute atomic E-state index is 11.3. The molecule has 0 saturated carbocycles. The first kappa shape index (κ1) is 24.9. The molecule has 35 heavy (non-hydrogen) atoms. The Hall–Kier alpha value is -3.21. The van der Waals surface area contributed by atoms with Gasteiger partial charge in [-0.1, -0.05) is 0 Å². The predicted molar refractivity (Wildman–Crippen MR) is 136 cm³/mol. The van der Waals surface area contributed by atoms with Gasteiger partial charge >= 0.3 is 209 Å². The molecule has 0 unspecified atom stereocenters. The molecule has 1 aliphatic heterocycles. The van der Waals surface area contributed by atoms with Gasteiger partial charge in [0, 0.05) is 0 Å². The van der Waals surface area contributed by atoms with Crippen LogP contribution in [0.5, 0.6) is 5.75 Å². The van der Waals surface area contributed by atoms with E-state index in [9.17, 15) is 10.1 Å². The second-order valence-corrected chi connectivity index (χ2v) is 17.6. The molecule has 0 spiro atoms. The summed E-state index contributed by atoms with van der Waals surface area (Å²) < 4.78 is 20.6. The second kappa shape index (κ2) is 11.5. The number of nitro benzene ring substituents is 1. The van der Waals surface area contributed by atoms with E-state index in [1.807, 2.05) is 30.3 Å². The van der Waals surface area contributed by atoms with E-state index in [-0.39, 0.29) is 11.6 Å². The molecule has 0 bridgehead atoms. The third-order valence-electron chi connectivity index (χ3n) is 5.74. The van der Waals surface area contributed by atoms with Crippen LogP contribution in [0.25, 0.3) is 11.3 Å². The van der Waals surface area contributed by atoms with Crippen LogP contribution in [0.2, 0.25) is 8.87 Å². The molecule has 1 aromatic heterocycles. The van der Waals surface area contributed by atoms with Gasteiger partial charge in [0.05, 0.1) is 0 Å². The summed E-state index contributed by atoms with van der Waals surface area (Å²) in [4.78, 5) is 10.9. The van der Waals surface area contributed by atoms with Gasteiger partial charge in [-0.05, 0) is 0 Å². The summed E-state index contributed by atoms with van der Waals surface area (Å²) in [5.74, 6) is 1.40. The van der Waals surface area contributed by atoms with Crippen molar-refractivity contribution in [3.05, 3.63) is 76.0 Å². The molecule has 9 nitrogen and oxygen atoms in total. The summed E-state index contributed by atoms with van der Waals surface area (Å²) in [7, 11) is 0. The fraction of sp³-hybridized carbons (Fsp3) is 0.320. The summed E-state index contributed by atoms with van der Waals surface area (Å²) in [5.41, 5.74) is 1.80. The molecule has 182 valence electrons. The van der Waals surface area contributed by atoms with Crippen LogP contribution in [0.4, 0.5) is 5.69 Å². The van der Waals surface area contributed by atoms with Gasteiger partial charge in [-0.2, -0.15) is 0 Å². The topological polar surface area (TPSA) is 112 Å². The number of benzene rings is 2. The number of hydrogen-bond acceptors (Lipinski definition) is 8. The quantitative estimate of drug-likeness (QED) is 0.162. The second-order valence-electron chi connectivity index (χ2n) is 8.39. The van der Waals surface area contributed by atoms with Gasteiger partial charge in [-0.25, -0.2) is 0 Å². The third kappa shape index (κ3) is 6.08. The maximum atomic E-state index is 11.3. The summed E-state index contributed by atoms with van der Waals surface area (Å²) >= 11 is -3.87. The third-order valence-corrected chi connectivity index (χ3v) is 15.4. The molecule has 0 fully saturated rings. The molecule has 2 aromatic carbocycles. The van der Waals surface area contributed by atoms with Gasteiger partial charge in [-0.15, -0.1) is 0 Å². The van der Waals surface area contributed by atoms with Crippen LogP contribution in [-0.4, -0.2) is 41.4 Å². The Morgan fingerprint density at radius 1 is 0.971 bits per heavy atom. The monoisotopic (exact) mass is 584 g/mol. The van der Waals surface area contributed by atoms with Crippen molar-refractivity contribution in [2.45, 2.75) is 48.4 Å². The molecule has 0 saturated heterocycles. The van der Waals surface area contributed by atoms with Gasteiger partial charge in [0.25, 0.3) is 0 Å². The molecule has 3 aromatic rings. The first-order valence-electron chi connectivity index (χ1n) is 11.8. The van der Waals surface area contributed by atoms with E-state index in [1.54, 1.807) is 12.1 Å². The van der Waals surface area contributed by atoms with Crippen molar-refractivity contribution >= 4 is 37.0 Å². The first-order valence-corrected chi connectivity index (χ1v) is 18.2. The van der Waals surface area contributed by atoms with E-state index in [1.165, 1.54) is 18.3 Å². The molecule has 0 radical (unpaired) electrons. The number of nitro groups is 1. The van der Waals surface area contributed by atoms with Gasteiger partial charge in [0.1, 0.15) is 0 Å². The van der Waals surface area contributed by atoms with Crippen molar-refractivity contribution in [3.8, 4) is 17.1 Å². The Bertz CT molecular complexity index is 1220. The Morgan fingerprint density at radius 3 is 2.40 bits per heavy atom. The normalized spacial score (nSPS) is 16.9. The number of fused-ring (bicyclic) bond motifs is 1. The van der Waals surface area contributed by atoms with Crippen LogP contribution in [0.1, 0.15) is 50.8 Å². The van der Waals surface area contributed by atoms with Crippen molar-refractivity contribution in [2.75, 3.05) is 0 Å². The molecular weight excluding hydrogens is 555 g/mol. The number of unbranched alkanes of at least 4 members (excludes halogenated alkanes) is 2. The summed E-state index contributed by atoms with van der Waals surface area (Å²) in [6.07, 6.45) is 5.35. The molecule has 0 aliphatic carbocycles. The van der Waals surface area contributed by atoms with E-state index in [0.29, 0.717) is 22.8 Å². The zero-order valence-electron chi connectivity index (χ0n) is 19.8. The number of hydrogen-bond donors (Lipinski definition) is 0. The number of rotatable bonds is 9. The Morgan fingerprint density at radius 2 is 1.71 bits per heavy atom. The standard InChI is InChI=1S/C17H12N4O5.2C4H9.Sn/c22-15-7-6-13(21(24)25)8-12(15)10-18-19-17(23)14-9-16(26-20-14)11-4-2-1-3-5-11;2*1-3-4-2;/h1-10,22H,(H,19,23);2*1,3-4H2,2H3;/q;;;+2/p-2/b18-10-;;;. The van der Waals surface area contributed by atoms with Crippen LogP contribution in [0, 0.1) is 10.1 Å². The first-order chi connectivity index (χ1) is 17.0. The average Bonchev–Trinajstić information content (AvgIpc) is 3.39. The van der Waals surface area contributed by atoms with Gasteiger partial charge in [0.2, 0.25) is 0 Å². The summed E-state index contributed by atoms with van der Waals surface area (Å²) in [5, 5.41) is 24.1. The molecular formula is C25H28N4O5Sn. The number of nitrogens with zero attached hydrogens (tertiary/aromatic N) is 4. The SMILES string of the molecule is CCC[CH2][Sn]1([CH2]CCC)[O]/C(c2cc(-c3ccccc3)on2)=N\N=C/c2cc([N+](=O)[O-])ccc2[O]1. The Kier molecular flexibility index (Phi) is 8.17. The van der Waals surface area contributed by atoms with Crippen molar-refractivity contribution < 1.29 is 15.6 Å². The fourth-order valence-corrected chi connectivity index (χ4v) is 14.0. The van der Waals surface area contributed by atoms with Crippen molar-refractivity contribution in [2.24, 2.45) is 10.2 Å². The van der Waals surface area contributed by atoms with Crippen LogP contribution < -0.4 is 3.07 Å². The van der Waals surface area contributed by atoms with Gasteiger partial charge in [-0.3, -0.25) is 0 Å². The Labute approximate surface area is 209 Å². The summed E-state index contributed by atoms with van der Waals surface area (Å²) in [6.45, 7) is 4.27. The van der Waals surface area contributed by atoms with Crippen LogP contribution in [-0.2, 0) is 3.07 Å². The summed E-state index contributed by atoms with van der Waals surface area (Å²) in [6, 6.07) is 16.0. The van der Waals surface area contributed by atoms with Crippen molar-refractivity contribution in [1.82, 2.24) is 5.16 Å². The van der Waals surface area contributed by atoms with Gasteiger partial charge < -0.3 is 0 Å². The average molecular weight is 583 g/mol. The van der Waals surface area contributed by atoms with Crippen molar-refractivity contribution in [1.29, 1.82) is 0 Å². The predicted octanol–water partition coefficient (Wildman–Crippen LogP) is 6.48. The minimum absolute atomic E-state index is 0.0323. The molecule has 0 N–H and O–H groups in total. The van der Waals surface area contributed by atoms with E-state index in [0.717, 1.165) is 40.1 Å². The fourth-order valence-electron chi connectivity index (χ4n) is 3.84. The molecule has 10 heteroatoms.